The van der Waals surface area contributed by atoms with Crippen LogP contribution in [0.5, 0.6) is 5.75 Å². The Balaban J connectivity index is 1.23. The van der Waals surface area contributed by atoms with E-state index in [0.717, 1.165) is 27.6 Å². The molecule has 4 aliphatic carbocycles. The maximum atomic E-state index is 13.7. The first-order valence-electron chi connectivity index (χ1n) is 13.9. The number of nitrogens with zero attached hydrogens (tertiary/aromatic N) is 1. The molecule has 39 heavy (non-hydrogen) atoms. The molecular formula is C32H36N2O4S. The van der Waals surface area contributed by atoms with Crippen LogP contribution in [0.2, 0.25) is 0 Å². The number of sulfonamides is 1. The molecule has 6 nitrogen and oxygen atoms in total. The van der Waals surface area contributed by atoms with E-state index in [2.05, 4.69) is 17.4 Å². The third-order valence-electron chi connectivity index (χ3n) is 9.07. The van der Waals surface area contributed by atoms with Gasteiger partial charge < -0.3 is 10.1 Å². The quantitative estimate of drug-likeness (QED) is 0.361. The summed E-state index contributed by atoms with van der Waals surface area (Å²) in [6.45, 7) is 1.52. The highest BCUT2D eigenvalue weighted by molar-refractivity contribution is 7.92. The molecule has 3 aromatic rings. The SMILES string of the molecule is COc1ccccc1N(CC(=O)Nc1ccc(C23CC4CC(CC(C4)C2)C3)cc1)S(=O)(=O)c1ccc(C)cc1. The van der Waals surface area contributed by atoms with Crippen LogP contribution in [0.15, 0.2) is 77.7 Å². The standard InChI is InChI=1S/C32H36N2O4S/c1-22-7-13-28(14-8-22)39(36,37)34(29-5-3-4-6-30(29)38-2)21-31(35)33-27-11-9-26(10-12-27)32-18-23-15-24(19-32)17-25(16-23)20-32/h3-14,23-25H,15-21H2,1-2H3,(H,33,35). The maximum Gasteiger partial charge on any atom is 0.264 e. The Morgan fingerprint density at radius 3 is 2.08 bits per heavy atom. The topological polar surface area (TPSA) is 75.7 Å². The lowest BCUT2D eigenvalue weighted by Crippen LogP contribution is -2.48. The van der Waals surface area contributed by atoms with Gasteiger partial charge in [-0.1, -0.05) is 42.0 Å². The second-order valence-corrected chi connectivity index (χ2v) is 13.7. The van der Waals surface area contributed by atoms with Crippen molar-refractivity contribution in [1.82, 2.24) is 0 Å². The van der Waals surface area contributed by atoms with Gasteiger partial charge in [-0.15, -0.1) is 0 Å². The van der Waals surface area contributed by atoms with Gasteiger partial charge in [-0.05, 0) is 111 Å². The van der Waals surface area contributed by atoms with Gasteiger partial charge in [0.25, 0.3) is 10.0 Å². The average Bonchev–Trinajstić information content (AvgIpc) is 2.91. The lowest BCUT2D eigenvalue weighted by atomic mass is 9.48. The van der Waals surface area contributed by atoms with Crippen LogP contribution in [0.4, 0.5) is 11.4 Å². The van der Waals surface area contributed by atoms with Gasteiger partial charge in [0, 0.05) is 5.69 Å². The first-order chi connectivity index (χ1) is 18.8. The van der Waals surface area contributed by atoms with Gasteiger partial charge in [-0.3, -0.25) is 9.10 Å². The molecule has 0 aromatic heterocycles. The Kier molecular flexibility index (Phi) is 6.66. The van der Waals surface area contributed by atoms with Gasteiger partial charge in [-0.2, -0.15) is 0 Å². The molecule has 0 saturated heterocycles. The molecule has 0 aliphatic heterocycles. The lowest BCUT2D eigenvalue weighted by molar-refractivity contribution is -0.114. The Morgan fingerprint density at radius 1 is 0.897 bits per heavy atom. The number of carbonyl (C=O) groups is 1. The number of benzene rings is 3. The number of aryl methyl sites for hydroxylation is 1. The Labute approximate surface area is 231 Å². The monoisotopic (exact) mass is 544 g/mol. The van der Waals surface area contributed by atoms with Gasteiger partial charge in [0.15, 0.2) is 0 Å². The van der Waals surface area contributed by atoms with E-state index in [9.17, 15) is 13.2 Å². The van der Waals surface area contributed by atoms with Gasteiger partial charge in [0.2, 0.25) is 5.91 Å². The number of amides is 1. The third-order valence-corrected chi connectivity index (χ3v) is 10.8. The summed E-state index contributed by atoms with van der Waals surface area (Å²) in [5, 5.41) is 2.93. The molecule has 3 aromatic carbocycles. The van der Waals surface area contributed by atoms with E-state index in [0.29, 0.717) is 22.5 Å². The number of hydrogen-bond acceptors (Lipinski definition) is 4. The van der Waals surface area contributed by atoms with Crippen LogP contribution in [-0.2, 0) is 20.2 Å². The smallest absolute Gasteiger partial charge is 0.264 e. The minimum absolute atomic E-state index is 0.117. The minimum atomic E-state index is -4.03. The van der Waals surface area contributed by atoms with Crippen LogP contribution in [0, 0.1) is 24.7 Å². The van der Waals surface area contributed by atoms with E-state index in [1.165, 1.54) is 51.2 Å². The summed E-state index contributed by atoms with van der Waals surface area (Å²) in [7, 11) is -2.54. The molecule has 0 spiro atoms. The van der Waals surface area contributed by atoms with Crippen molar-refractivity contribution in [2.45, 2.75) is 55.8 Å². The molecule has 0 atom stereocenters. The van der Waals surface area contributed by atoms with Crippen LogP contribution < -0.4 is 14.4 Å². The highest BCUT2D eigenvalue weighted by Gasteiger charge is 2.51. The van der Waals surface area contributed by atoms with Crippen molar-refractivity contribution < 1.29 is 17.9 Å². The molecule has 4 saturated carbocycles. The highest BCUT2D eigenvalue weighted by atomic mass is 32.2. The summed E-state index contributed by atoms with van der Waals surface area (Å²) in [6, 6.07) is 21.7. The number of para-hydroxylation sites is 2. The summed E-state index contributed by atoms with van der Waals surface area (Å²) < 4.78 is 34.1. The van der Waals surface area contributed by atoms with Crippen molar-refractivity contribution in [1.29, 1.82) is 0 Å². The second kappa shape index (κ2) is 10.0. The zero-order chi connectivity index (χ0) is 27.2. The van der Waals surface area contributed by atoms with Crippen LogP contribution in [0.1, 0.15) is 49.7 Å². The number of nitrogens with one attached hydrogen (secondary N) is 1. The first kappa shape index (κ1) is 25.9. The minimum Gasteiger partial charge on any atom is -0.495 e. The van der Waals surface area contributed by atoms with E-state index in [4.69, 9.17) is 4.74 Å². The number of hydrogen-bond donors (Lipinski definition) is 1. The summed E-state index contributed by atoms with van der Waals surface area (Å²) in [5.74, 6) is 2.56. The molecular weight excluding hydrogens is 508 g/mol. The molecule has 4 bridgehead atoms. The van der Waals surface area contributed by atoms with Gasteiger partial charge >= 0.3 is 0 Å². The molecule has 204 valence electrons. The fourth-order valence-electron chi connectivity index (χ4n) is 7.68. The molecule has 1 amide bonds. The van der Waals surface area contributed by atoms with Crippen molar-refractivity contribution in [3.8, 4) is 5.75 Å². The maximum absolute atomic E-state index is 13.7. The van der Waals surface area contributed by atoms with E-state index in [1.807, 2.05) is 19.1 Å². The third kappa shape index (κ3) is 4.93. The van der Waals surface area contributed by atoms with Crippen molar-refractivity contribution >= 4 is 27.3 Å². The molecule has 4 fully saturated rings. The lowest BCUT2D eigenvalue weighted by Gasteiger charge is -2.57. The van der Waals surface area contributed by atoms with E-state index < -0.39 is 15.9 Å². The molecule has 0 radical (unpaired) electrons. The summed E-state index contributed by atoms with van der Waals surface area (Å²) >= 11 is 0. The summed E-state index contributed by atoms with van der Waals surface area (Å²) in [6.07, 6.45) is 8.07. The molecule has 4 aliphatic rings. The number of carbonyl (C=O) groups excluding carboxylic acids is 1. The average molecular weight is 545 g/mol. The predicted molar refractivity (Wildman–Crippen MR) is 154 cm³/mol. The number of ether oxygens (including phenoxy) is 1. The van der Waals surface area contributed by atoms with Crippen molar-refractivity contribution in [2.75, 3.05) is 23.3 Å². The van der Waals surface area contributed by atoms with E-state index in [1.54, 1.807) is 48.5 Å². The van der Waals surface area contributed by atoms with Crippen molar-refractivity contribution in [2.24, 2.45) is 17.8 Å². The van der Waals surface area contributed by atoms with Crippen LogP contribution >= 0.6 is 0 Å². The van der Waals surface area contributed by atoms with Gasteiger partial charge in [0.05, 0.1) is 17.7 Å². The highest BCUT2D eigenvalue weighted by Crippen LogP contribution is 2.60. The Bertz CT molecular complexity index is 1430. The fraction of sp³-hybridized carbons (Fsp3) is 0.406. The summed E-state index contributed by atoms with van der Waals surface area (Å²) in [5.41, 5.74) is 3.61. The predicted octanol–water partition coefficient (Wildman–Crippen LogP) is 6.31. The Hall–Kier alpha value is -3.32. The van der Waals surface area contributed by atoms with Gasteiger partial charge in [-0.25, -0.2) is 8.42 Å². The molecule has 7 heteroatoms. The zero-order valence-electron chi connectivity index (χ0n) is 22.6. The Morgan fingerprint density at radius 2 is 1.49 bits per heavy atom. The second-order valence-electron chi connectivity index (χ2n) is 11.8. The number of rotatable bonds is 8. The largest absolute Gasteiger partial charge is 0.495 e. The van der Waals surface area contributed by atoms with Crippen LogP contribution in [0.25, 0.3) is 0 Å². The molecule has 1 N–H and O–H groups in total. The summed E-state index contributed by atoms with van der Waals surface area (Å²) in [4.78, 5) is 13.4. The van der Waals surface area contributed by atoms with Gasteiger partial charge in [0.1, 0.15) is 12.3 Å². The molecule has 0 unspecified atom stereocenters. The first-order valence-corrected chi connectivity index (χ1v) is 15.3. The molecule has 0 heterocycles. The van der Waals surface area contributed by atoms with E-state index in [-0.39, 0.29) is 11.4 Å². The van der Waals surface area contributed by atoms with Crippen LogP contribution in [0.3, 0.4) is 0 Å². The normalized spacial score (nSPS) is 25.3. The van der Waals surface area contributed by atoms with Crippen LogP contribution in [-0.4, -0.2) is 28.0 Å². The van der Waals surface area contributed by atoms with Crippen molar-refractivity contribution in [3.63, 3.8) is 0 Å². The van der Waals surface area contributed by atoms with Crippen molar-refractivity contribution in [3.05, 3.63) is 83.9 Å². The van der Waals surface area contributed by atoms with E-state index >= 15 is 0 Å². The molecule has 7 rings (SSSR count). The fourth-order valence-corrected chi connectivity index (χ4v) is 9.11. The number of methoxy groups -OCH3 is 1. The number of anilines is 2. The zero-order valence-corrected chi connectivity index (χ0v) is 23.4.